The molecule has 0 aliphatic rings. The van der Waals surface area contributed by atoms with Crippen LogP contribution >= 0.6 is 11.3 Å². The Bertz CT molecular complexity index is 482. The SMILES string of the molecule is CCCNc1cccc(N(C)CCc2cccs2)n1. The summed E-state index contributed by atoms with van der Waals surface area (Å²) in [7, 11) is 2.10. The maximum absolute atomic E-state index is 4.63. The molecule has 1 N–H and O–H groups in total. The Morgan fingerprint density at radius 3 is 2.89 bits per heavy atom. The van der Waals surface area contributed by atoms with E-state index in [2.05, 4.69) is 58.8 Å². The maximum Gasteiger partial charge on any atom is 0.130 e. The number of anilines is 2. The van der Waals surface area contributed by atoms with Gasteiger partial charge < -0.3 is 10.2 Å². The number of hydrogen-bond acceptors (Lipinski definition) is 4. The molecule has 2 heterocycles. The van der Waals surface area contributed by atoms with E-state index in [1.807, 2.05) is 17.4 Å². The summed E-state index contributed by atoms with van der Waals surface area (Å²) in [6.45, 7) is 4.12. The van der Waals surface area contributed by atoms with Gasteiger partial charge in [0.05, 0.1) is 0 Å². The van der Waals surface area contributed by atoms with Crippen LogP contribution in [-0.2, 0) is 6.42 Å². The standard InChI is InChI=1S/C15H21N3S/c1-3-10-16-14-7-4-8-15(17-14)18(2)11-9-13-6-5-12-19-13/h4-8,12H,3,9-11H2,1-2H3,(H,16,17). The van der Waals surface area contributed by atoms with Gasteiger partial charge in [0.15, 0.2) is 0 Å². The number of aromatic nitrogens is 1. The number of thiophene rings is 1. The highest BCUT2D eigenvalue weighted by molar-refractivity contribution is 7.09. The van der Waals surface area contributed by atoms with Crippen LogP contribution in [-0.4, -0.2) is 25.1 Å². The van der Waals surface area contributed by atoms with Crippen LogP contribution in [0, 0.1) is 0 Å². The lowest BCUT2D eigenvalue weighted by Gasteiger charge is -2.18. The van der Waals surface area contributed by atoms with Crippen molar-refractivity contribution in [3.8, 4) is 0 Å². The fourth-order valence-corrected chi connectivity index (χ4v) is 2.53. The molecule has 0 saturated carbocycles. The van der Waals surface area contributed by atoms with E-state index in [9.17, 15) is 0 Å². The summed E-state index contributed by atoms with van der Waals surface area (Å²) in [6.07, 6.45) is 2.18. The van der Waals surface area contributed by atoms with E-state index >= 15 is 0 Å². The van der Waals surface area contributed by atoms with E-state index in [4.69, 9.17) is 0 Å². The summed E-state index contributed by atoms with van der Waals surface area (Å²) in [5, 5.41) is 5.45. The van der Waals surface area contributed by atoms with Gasteiger partial charge in [-0.1, -0.05) is 19.1 Å². The molecule has 0 spiro atoms. The highest BCUT2D eigenvalue weighted by atomic mass is 32.1. The van der Waals surface area contributed by atoms with Crippen LogP contribution in [0.25, 0.3) is 0 Å². The highest BCUT2D eigenvalue weighted by Gasteiger charge is 2.04. The van der Waals surface area contributed by atoms with Crippen molar-refractivity contribution in [3.63, 3.8) is 0 Å². The second-order valence-corrected chi connectivity index (χ2v) is 5.59. The van der Waals surface area contributed by atoms with E-state index in [1.165, 1.54) is 4.88 Å². The van der Waals surface area contributed by atoms with Gasteiger partial charge in [0, 0.05) is 25.0 Å². The third kappa shape index (κ3) is 4.24. The minimum Gasteiger partial charge on any atom is -0.370 e. The van der Waals surface area contributed by atoms with E-state index in [0.717, 1.165) is 37.6 Å². The first-order valence-electron chi connectivity index (χ1n) is 6.74. The lowest BCUT2D eigenvalue weighted by molar-refractivity contribution is 0.867. The normalized spacial score (nSPS) is 10.4. The van der Waals surface area contributed by atoms with Crippen LogP contribution in [0.15, 0.2) is 35.7 Å². The number of rotatable bonds is 7. The van der Waals surface area contributed by atoms with Gasteiger partial charge in [0.25, 0.3) is 0 Å². The molecule has 0 aliphatic carbocycles. The van der Waals surface area contributed by atoms with Crippen molar-refractivity contribution in [2.45, 2.75) is 19.8 Å². The van der Waals surface area contributed by atoms with Crippen molar-refractivity contribution in [3.05, 3.63) is 40.6 Å². The fourth-order valence-electron chi connectivity index (χ4n) is 1.83. The van der Waals surface area contributed by atoms with Crippen LogP contribution in [0.2, 0.25) is 0 Å². The summed E-state index contributed by atoms with van der Waals surface area (Å²) in [5.41, 5.74) is 0. The molecular formula is C15H21N3S. The molecule has 0 saturated heterocycles. The quantitative estimate of drug-likeness (QED) is 0.836. The Labute approximate surface area is 119 Å². The van der Waals surface area contributed by atoms with Gasteiger partial charge in [-0.15, -0.1) is 11.3 Å². The monoisotopic (exact) mass is 275 g/mol. The van der Waals surface area contributed by atoms with Crippen molar-refractivity contribution in [1.82, 2.24) is 4.98 Å². The number of nitrogens with zero attached hydrogens (tertiary/aromatic N) is 2. The smallest absolute Gasteiger partial charge is 0.130 e. The molecule has 19 heavy (non-hydrogen) atoms. The van der Waals surface area contributed by atoms with Crippen molar-refractivity contribution >= 4 is 23.0 Å². The van der Waals surface area contributed by atoms with Gasteiger partial charge in [-0.2, -0.15) is 0 Å². The Morgan fingerprint density at radius 2 is 2.16 bits per heavy atom. The summed E-state index contributed by atoms with van der Waals surface area (Å²) >= 11 is 1.81. The highest BCUT2D eigenvalue weighted by Crippen LogP contribution is 2.15. The van der Waals surface area contributed by atoms with Crippen molar-refractivity contribution in [1.29, 1.82) is 0 Å². The van der Waals surface area contributed by atoms with Gasteiger partial charge in [0.1, 0.15) is 11.6 Å². The number of pyridine rings is 1. The second-order valence-electron chi connectivity index (χ2n) is 4.56. The predicted molar refractivity (Wildman–Crippen MR) is 84.3 cm³/mol. The molecule has 0 atom stereocenters. The lowest BCUT2D eigenvalue weighted by Crippen LogP contribution is -2.21. The third-order valence-electron chi connectivity index (χ3n) is 2.96. The van der Waals surface area contributed by atoms with Gasteiger partial charge in [0.2, 0.25) is 0 Å². The Hall–Kier alpha value is -1.55. The van der Waals surface area contributed by atoms with Crippen LogP contribution in [0.5, 0.6) is 0 Å². The fraction of sp³-hybridized carbons (Fsp3) is 0.400. The molecule has 0 radical (unpaired) electrons. The average Bonchev–Trinajstić information content (AvgIpc) is 2.96. The third-order valence-corrected chi connectivity index (χ3v) is 3.89. The molecule has 2 rings (SSSR count). The van der Waals surface area contributed by atoms with Crippen molar-refractivity contribution in [2.24, 2.45) is 0 Å². The molecule has 0 fully saturated rings. The first kappa shape index (κ1) is 13.9. The Balaban J connectivity index is 1.92. The minimum absolute atomic E-state index is 0.960. The molecule has 0 unspecified atom stereocenters. The first-order valence-corrected chi connectivity index (χ1v) is 7.62. The van der Waals surface area contributed by atoms with Gasteiger partial charge in [-0.25, -0.2) is 4.98 Å². The number of nitrogens with one attached hydrogen (secondary N) is 1. The summed E-state index contributed by atoms with van der Waals surface area (Å²) in [5.74, 6) is 1.99. The minimum atomic E-state index is 0.960. The molecule has 4 heteroatoms. The summed E-state index contributed by atoms with van der Waals surface area (Å²) in [6, 6.07) is 10.4. The van der Waals surface area contributed by atoms with E-state index in [1.54, 1.807) is 0 Å². The van der Waals surface area contributed by atoms with Gasteiger partial charge in [-0.05, 0) is 36.4 Å². The molecule has 0 aromatic carbocycles. The second kappa shape index (κ2) is 7.14. The first-order chi connectivity index (χ1) is 9.29. The average molecular weight is 275 g/mol. The molecule has 0 bridgehead atoms. The lowest BCUT2D eigenvalue weighted by atomic mass is 10.3. The van der Waals surface area contributed by atoms with E-state index in [0.29, 0.717) is 0 Å². The van der Waals surface area contributed by atoms with Crippen LogP contribution in [0.3, 0.4) is 0 Å². The number of likely N-dealkylation sites (N-methyl/N-ethyl adjacent to an activating group) is 1. The largest absolute Gasteiger partial charge is 0.370 e. The van der Waals surface area contributed by atoms with Crippen molar-refractivity contribution in [2.75, 3.05) is 30.4 Å². The van der Waals surface area contributed by atoms with Gasteiger partial charge >= 0.3 is 0 Å². The number of hydrogen-bond donors (Lipinski definition) is 1. The van der Waals surface area contributed by atoms with Crippen LogP contribution < -0.4 is 10.2 Å². The summed E-state index contributed by atoms with van der Waals surface area (Å²) < 4.78 is 0. The Kier molecular flexibility index (Phi) is 5.21. The van der Waals surface area contributed by atoms with Gasteiger partial charge in [-0.3, -0.25) is 0 Å². The van der Waals surface area contributed by atoms with E-state index < -0.39 is 0 Å². The molecule has 3 nitrogen and oxygen atoms in total. The van der Waals surface area contributed by atoms with Crippen LogP contribution in [0.4, 0.5) is 11.6 Å². The van der Waals surface area contributed by atoms with E-state index in [-0.39, 0.29) is 0 Å². The molecule has 2 aromatic rings. The Morgan fingerprint density at radius 1 is 1.26 bits per heavy atom. The maximum atomic E-state index is 4.63. The molecule has 2 aromatic heterocycles. The van der Waals surface area contributed by atoms with Crippen LogP contribution in [0.1, 0.15) is 18.2 Å². The topological polar surface area (TPSA) is 28.2 Å². The molecule has 102 valence electrons. The molecule has 0 amide bonds. The molecule has 0 aliphatic heterocycles. The summed E-state index contributed by atoms with van der Waals surface area (Å²) in [4.78, 5) is 8.26. The zero-order chi connectivity index (χ0) is 13.5. The predicted octanol–water partition coefficient (Wildman–Crippen LogP) is 3.64. The zero-order valence-corrected chi connectivity index (χ0v) is 12.4. The van der Waals surface area contributed by atoms with Crippen molar-refractivity contribution < 1.29 is 0 Å². The molecular weight excluding hydrogens is 254 g/mol. The zero-order valence-electron chi connectivity index (χ0n) is 11.6.